The topological polar surface area (TPSA) is 112 Å². The van der Waals surface area contributed by atoms with E-state index in [2.05, 4.69) is 10.8 Å². The van der Waals surface area contributed by atoms with Crippen LogP contribution in [0.15, 0.2) is 48.5 Å². The van der Waals surface area contributed by atoms with Crippen molar-refractivity contribution in [1.29, 1.82) is 5.26 Å². The van der Waals surface area contributed by atoms with Crippen molar-refractivity contribution >= 4 is 21.7 Å². The molecule has 8 heteroatoms. The molecule has 166 valence electrons. The Hall–Kier alpha value is -3.57. The van der Waals surface area contributed by atoms with Gasteiger partial charge in [-0.1, -0.05) is 43.3 Å². The highest BCUT2D eigenvalue weighted by atomic mass is 32.2. The summed E-state index contributed by atoms with van der Waals surface area (Å²) in [5.74, 6) is -1.08. The van der Waals surface area contributed by atoms with Crippen molar-refractivity contribution < 1.29 is 18.3 Å². The predicted octanol–water partition coefficient (Wildman–Crippen LogP) is 4.64. The maximum atomic E-state index is 12.0. The van der Waals surface area contributed by atoms with Gasteiger partial charge in [-0.15, -0.1) is 0 Å². The molecule has 0 fully saturated rings. The van der Waals surface area contributed by atoms with E-state index in [9.17, 15) is 23.6 Å². The van der Waals surface area contributed by atoms with Crippen molar-refractivity contribution in [3.63, 3.8) is 0 Å². The second kappa shape index (κ2) is 8.89. The fraction of sp³-hybridized carbons (Fsp3) is 0.250. The number of nitrogens with one attached hydrogen (secondary N) is 1. The second-order valence-electron chi connectivity index (χ2n) is 7.73. The van der Waals surface area contributed by atoms with Crippen LogP contribution in [0.4, 0.5) is 5.69 Å². The van der Waals surface area contributed by atoms with E-state index in [0.717, 1.165) is 11.1 Å². The molecular weight excluding hydrogens is 426 g/mol. The Balaban J connectivity index is 1.96. The van der Waals surface area contributed by atoms with Gasteiger partial charge in [0.2, 0.25) is 10.0 Å². The Morgan fingerprint density at radius 1 is 1.06 bits per heavy atom. The lowest BCUT2D eigenvalue weighted by Crippen LogP contribution is -2.22. The normalized spacial score (nSPS) is 11.4. The number of nitrogens with zero attached hydrogens (tertiary/aromatic N) is 2. The molecule has 0 bridgehead atoms. The first-order valence-corrected chi connectivity index (χ1v) is 11.7. The van der Waals surface area contributed by atoms with E-state index in [1.807, 2.05) is 31.2 Å². The lowest BCUT2D eigenvalue weighted by atomic mass is 9.97. The third kappa shape index (κ3) is 4.25. The van der Waals surface area contributed by atoms with Crippen molar-refractivity contribution in [1.82, 2.24) is 4.57 Å². The first-order valence-electron chi connectivity index (χ1n) is 10.2. The molecule has 0 amide bonds. The minimum absolute atomic E-state index is 0.0907. The minimum Gasteiger partial charge on any atom is -0.477 e. The number of hydrogen-bond donors (Lipinski definition) is 2. The molecule has 1 heterocycles. The summed E-state index contributed by atoms with van der Waals surface area (Å²) in [6.07, 6.45) is 0.546. The summed E-state index contributed by atoms with van der Waals surface area (Å²) in [7, 11) is -1.75. The average Bonchev–Trinajstić information content (AvgIpc) is 3.05. The van der Waals surface area contributed by atoms with Crippen molar-refractivity contribution in [3.8, 4) is 28.3 Å². The number of nitriles is 1. The highest BCUT2D eigenvalue weighted by molar-refractivity contribution is 7.93. The molecule has 0 aliphatic heterocycles. The van der Waals surface area contributed by atoms with E-state index >= 15 is 0 Å². The van der Waals surface area contributed by atoms with Gasteiger partial charge in [0.15, 0.2) is 0 Å². The fourth-order valence-electron chi connectivity index (χ4n) is 3.64. The summed E-state index contributed by atoms with van der Waals surface area (Å²) in [6, 6.07) is 16.5. The van der Waals surface area contributed by atoms with Crippen LogP contribution in [0, 0.1) is 11.3 Å². The Bertz CT molecular complexity index is 1300. The van der Waals surface area contributed by atoms with E-state index < -0.39 is 21.2 Å². The number of anilines is 1. The van der Waals surface area contributed by atoms with Crippen LogP contribution in [0.1, 0.15) is 42.5 Å². The molecule has 0 saturated carbocycles. The van der Waals surface area contributed by atoms with Gasteiger partial charge >= 0.3 is 5.97 Å². The quantitative estimate of drug-likeness (QED) is 0.543. The Labute approximate surface area is 188 Å². The van der Waals surface area contributed by atoms with Crippen LogP contribution < -0.4 is 4.72 Å². The van der Waals surface area contributed by atoms with Gasteiger partial charge in [0, 0.05) is 24.0 Å². The molecule has 2 aromatic carbocycles. The molecule has 0 unspecified atom stereocenters. The van der Waals surface area contributed by atoms with Gasteiger partial charge in [0.05, 0.1) is 10.8 Å². The molecular formula is C24H25N3O4S. The summed E-state index contributed by atoms with van der Waals surface area (Å²) in [5, 5.41) is 18.9. The molecule has 0 aliphatic rings. The average molecular weight is 452 g/mol. The Morgan fingerprint density at radius 2 is 1.56 bits per heavy atom. The van der Waals surface area contributed by atoms with E-state index in [-0.39, 0.29) is 5.69 Å². The van der Waals surface area contributed by atoms with Gasteiger partial charge in [-0.05, 0) is 49.1 Å². The fourth-order valence-corrected chi connectivity index (χ4v) is 4.34. The molecule has 0 radical (unpaired) electrons. The maximum absolute atomic E-state index is 12.0. The summed E-state index contributed by atoms with van der Waals surface area (Å²) in [4.78, 5) is 11.9. The lowest BCUT2D eigenvalue weighted by molar-refractivity contribution is 0.0687. The van der Waals surface area contributed by atoms with Crippen LogP contribution in [0.25, 0.3) is 22.3 Å². The van der Waals surface area contributed by atoms with Crippen LogP contribution in [0.2, 0.25) is 0 Å². The summed E-state index contributed by atoms with van der Waals surface area (Å²) >= 11 is 0. The molecule has 3 aromatic rings. The zero-order valence-electron chi connectivity index (χ0n) is 18.4. The van der Waals surface area contributed by atoms with E-state index in [1.165, 1.54) is 0 Å². The van der Waals surface area contributed by atoms with Crippen LogP contribution in [-0.4, -0.2) is 29.3 Å². The standard InChI is InChI=1S/C24H25N3O4S/c1-5-21-20(14-25)22(23(24(28)29)27(21)4)18-8-6-16(7-9-18)17-10-12-19(13-11-17)26-32(30,31)15(2)3/h6-13,15,26H,5H2,1-4H3,(H,28,29). The third-order valence-corrected chi connectivity index (χ3v) is 7.20. The first-order chi connectivity index (χ1) is 15.1. The number of benzene rings is 2. The van der Waals surface area contributed by atoms with Gasteiger partial charge in [-0.2, -0.15) is 5.26 Å². The number of carboxylic acids is 1. The first kappa shape index (κ1) is 23.1. The number of carboxylic acid groups (broad SMARTS) is 1. The molecule has 0 spiro atoms. The van der Waals surface area contributed by atoms with E-state index in [1.54, 1.807) is 49.7 Å². The van der Waals surface area contributed by atoms with Crippen LogP contribution in [0.5, 0.6) is 0 Å². The molecule has 0 aliphatic carbocycles. The number of rotatable bonds is 7. The SMILES string of the molecule is CCc1c(C#N)c(-c2ccc(-c3ccc(NS(=O)(=O)C(C)C)cc3)cc2)c(C(=O)O)n1C. The van der Waals surface area contributed by atoms with Gasteiger partial charge in [0.1, 0.15) is 11.8 Å². The van der Waals surface area contributed by atoms with E-state index in [0.29, 0.717) is 34.5 Å². The molecule has 0 atom stereocenters. The van der Waals surface area contributed by atoms with Crippen LogP contribution >= 0.6 is 0 Å². The van der Waals surface area contributed by atoms with E-state index in [4.69, 9.17) is 0 Å². The Kier molecular flexibility index (Phi) is 6.42. The molecule has 0 saturated heterocycles. The van der Waals surface area contributed by atoms with Crippen molar-refractivity contribution in [2.75, 3.05) is 4.72 Å². The lowest BCUT2D eigenvalue weighted by Gasteiger charge is -2.11. The van der Waals surface area contributed by atoms with Crippen LogP contribution in [-0.2, 0) is 23.5 Å². The third-order valence-electron chi connectivity index (χ3n) is 5.44. The smallest absolute Gasteiger partial charge is 0.353 e. The monoisotopic (exact) mass is 451 g/mol. The number of sulfonamides is 1. The van der Waals surface area contributed by atoms with Crippen molar-refractivity contribution in [2.45, 2.75) is 32.4 Å². The number of carbonyl (C=O) groups is 1. The van der Waals surface area contributed by atoms with Gasteiger partial charge in [-0.3, -0.25) is 4.72 Å². The molecule has 2 N–H and O–H groups in total. The number of hydrogen-bond acceptors (Lipinski definition) is 4. The summed E-state index contributed by atoms with van der Waals surface area (Å²) in [6.45, 7) is 5.11. The molecule has 1 aromatic heterocycles. The highest BCUT2D eigenvalue weighted by Crippen LogP contribution is 2.34. The van der Waals surface area contributed by atoms with Crippen LogP contribution in [0.3, 0.4) is 0 Å². The van der Waals surface area contributed by atoms with Crippen molar-refractivity contribution in [2.24, 2.45) is 7.05 Å². The zero-order valence-corrected chi connectivity index (χ0v) is 19.2. The van der Waals surface area contributed by atoms with Gasteiger partial charge in [-0.25, -0.2) is 13.2 Å². The summed E-state index contributed by atoms with van der Waals surface area (Å²) in [5.41, 5.74) is 4.47. The maximum Gasteiger partial charge on any atom is 0.353 e. The molecule has 3 rings (SSSR count). The second-order valence-corrected chi connectivity index (χ2v) is 9.96. The molecule has 7 nitrogen and oxygen atoms in total. The van der Waals surface area contributed by atoms with Gasteiger partial charge < -0.3 is 9.67 Å². The number of aromatic carboxylic acids is 1. The highest BCUT2D eigenvalue weighted by Gasteiger charge is 2.25. The zero-order chi connectivity index (χ0) is 23.6. The Morgan fingerprint density at radius 3 is 2.00 bits per heavy atom. The number of aromatic nitrogens is 1. The van der Waals surface area contributed by atoms with Crippen molar-refractivity contribution in [3.05, 3.63) is 65.5 Å². The summed E-state index contributed by atoms with van der Waals surface area (Å²) < 4.78 is 28.2. The largest absolute Gasteiger partial charge is 0.477 e. The van der Waals surface area contributed by atoms with Gasteiger partial charge in [0.25, 0.3) is 0 Å². The molecule has 32 heavy (non-hydrogen) atoms. The minimum atomic E-state index is -3.41. The predicted molar refractivity (Wildman–Crippen MR) is 125 cm³/mol.